The average molecular weight is 293 g/mol. The first-order valence-electron chi connectivity index (χ1n) is 8.46. The highest BCUT2D eigenvalue weighted by Crippen LogP contribution is 2.34. The molecule has 1 N–H and O–H groups in total. The molecule has 1 aromatic heterocycles. The highest BCUT2D eigenvalue weighted by molar-refractivity contribution is 5.05. The van der Waals surface area contributed by atoms with E-state index in [0.717, 1.165) is 19.4 Å². The number of likely N-dealkylation sites (N-methyl/N-ethyl adjacent to an activating group) is 1. The molecule has 1 aromatic rings. The van der Waals surface area contributed by atoms with Crippen molar-refractivity contribution >= 4 is 0 Å². The van der Waals surface area contributed by atoms with Crippen LogP contribution >= 0.6 is 0 Å². The lowest BCUT2D eigenvalue weighted by Crippen LogP contribution is -2.52. The molecule has 2 rings (SSSR count). The molecule has 1 unspecified atom stereocenters. The van der Waals surface area contributed by atoms with Gasteiger partial charge in [0.1, 0.15) is 0 Å². The predicted octanol–water partition coefficient (Wildman–Crippen LogP) is 3.07. The minimum atomic E-state index is 0.0225. The summed E-state index contributed by atoms with van der Waals surface area (Å²) in [5.74, 6) is 0. The van der Waals surface area contributed by atoms with E-state index in [-0.39, 0.29) is 5.60 Å². The lowest BCUT2D eigenvalue weighted by Gasteiger charge is -2.40. The molecule has 0 bridgehead atoms. The molecule has 1 atom stereocenters. The molecule has 0 saturated heterocycles. The van der Waals surface area contributed by atoms with Crippen molar-refractivity contribution in [1.29, 1.82) is 0 Å². The van der Waals surface area contributed by atoms with Crippen molar-refractivity contribution in [3.8, 4) is 0 Å². The van der Waals surface area contributed by atoms with Crippen LogP contribution in [0.5, 0.6) is 0 Å². The monoisotopic (exact) mass is 293 g/mol. The van der Waals surface area contributed by atoms with Crippen molar-refractivity contribution in [3.05, 3.63) is 18.0 Å². The number of aromatic nitrogens is 2. The minimum Gasteiger partial charge on any atom is -0.377 e. The van der Waals surface area contributed by atoms with Gasteiger partial charge in [0.15, 0.2) is 0 Å². The van der Waals surface area contributed by atoms with Gasteiger partial charge < -0.3 is 10.1 Å². The van der Waals surface area contributed by atoms with Crippen LogP contribution in [-0.2, 0) is 18.2 Å². The molecule has 21 heavy (non-hydrogen) atoms. The van der Waals surface area contributed by atoms with E-state index in [4.69, 9.17) is 4.74 Å². The van der Waals surface area contributed by atoms with Crippen molar-refractivity contribution in [3.63, 3.8) is 0 Å². The second kappa shape index (κ2) is 7.95. The molecule has 4 nitrogen and oxygen atoms in total. The second-order valence-corrected chi connectivity index (χ2v) is 6.35. The van der Waals surface area contributed by atoms with Crippen LogP contribution in [0.25, 0.3) is 0 Å². The first-order valence-corrected chi connectivity index (χ1v) is 8.46. The van der Waals surface area contributed by atoms with Gasteiger partial charge in [-0.25, -0.2) is 0 Å². The number of aryl methyl sites for hydroxylation is 2. The largest absolute Gasteiger partial charge is 0.377 e. The molecule has 0 aromatic carbocycles. The molecule has 0 spiro atoms. The second-order valence-electron chi connectivity index (χ2n) is 6.35. The van der Waals surface area contributed by atoms with Crippen LogP contribution in [0.2, 0.25) is 0 Å². The van der Waals surface area contributed by atoms with Gasteiger partial charge in [0.2, 0.25) is 0 Å². The van der Waals surface area contributed by atoms with E-state index < -0.39 is 0 Å². The summed E-state index contributed by atoms with van der Waals surface area (Å²) >= 11 is 0. The smallest absolute Gasteiger partial charge is 0.0831 e. The van der Waals surface area contributed by atoms with Crippen LogP contribution in [0.4, 0.5) is 0 Å². The fourth-order valence-corrected chi connectivity index (χ4v) is 3.73. The summed E-state index contributed by atoms with van der Waals surface area (Å²) in [7, 11) is 3.88. The standard InChI is InChI=1S/C17H31N3O/c1-4-18-16(10-9-15-13-19-20(2)14-15)17(21-3)11-7-5-6-8-12-17/h13-14,16,18H,4-12H2,1-3H3. The first-order chi connectivity index (χ1) is 10.2. The fourth-order valence-electron chi connectivity index (χ4n) is 3.73. The van der Waals surface area contributed by atoms with Crippen molar-refractivity contribution in [2.24, 2.45) is 7.05 Å². The summed E-state index contributed by atoms with van der Waals surface area (Å²) in [4.78, 5) is 0. The summed E-state index contributed by atoms with van der Waals surface area (Å²) in [5, 5.41) is 7.97. The number of hydrogen-bond acceptors (Lipinski definition) is 3. The fraction of sp³-hybridized carbons (Fsp3) is 0.824. The Bertz CT molecular complexity index is 408. The Morgan fingerprint density at radius 3 is 2.57 bits per heavy atom. The number of methoxy groups -OCH3 is 1. The molecule has 1 aliphatic rings. The zero-order valence-corrected chi connectivity index (χ0v) is 13.9. The molecular formula is C17H31N3O. The Morgan fingerprint density at radius 2 is 2.05 bits per heavy atom. The summed E-state index contributed by atoms with van der Waals surface area (Å²) in [6, 6.07) is 0.436. The minimum absolute atomic E-state index is 0.0225. The quantitative estimate of drug-likeness (QED) is 0.785. The van der Waals surface area contributed by atoms with Crippen molar-refractivity contribution in [1.82, 2.24) is 15.1 Å². The maximum Gasteiger partial charge on any atom is 0.0831 e. The SMILES string of the molecule is CCNC(CCc1cnn(C)c1)C1(OC)CCCCCC1. The normalized spacial score (nSPS) is 20.1. The number of ether oxygens (including phenoxy) is 1. The number of nitrogens with zero attached hydrogens (tertiary/aromatic N) is 2. The van der Waals surface area contributed by atoms with Crippen molar-refractivity contribution in [2.75, 3.05) is 13.7 Å². The molecule has 1 heterocycles. The van der Waals surface area contributed by atoms with Gasteiger partial charge in [-0.15, -0.1) is 0 Å². The van der Waals surface area contributed by atoms with Gasteiger partial charge in [-0.2, -0.15) is 5.10 Å². The van der Waals surface area contributed by atoms with Gasteiger partial charge in [-0.1, -0.05) is 32.6 Å². The van der Waals surface area contributed by atoms with E-state index in [2.05, 4.69) is 23.5 Å². The maximum atomic E-state index is 6.08. The van der Waals surface area contributed by atoms with Gasteiger partial charge in [0.05, 0.1) is 11.8 Å². The van der Waals surface area contributed by atoms with Gasteiger partial charge in [0, 0.05) is 26.4 Å². The number of rotatable bonds is 7. The molecule has 1 saturated carbocycles. The zero-order chi connectivity index (χ0) is 15.1. The Hall–Kier alpha value is -0.870. The predicted molar refractivity (Wildman–Crippen MR) is 86.4 cm³/mol. The third kappa shape index (κ3) is 4.30. The van der Waals surface area contributed by atoms with E-state index in [9.17, 15) is 0 Å². The van der Waals surface area contributed by atoms with Gasteiger partial charge in [-0.3, -0.25) is 4.68 Å². The average Bonchev–Trinajstić information content (AvgIpc) is 2.76. The first kappa shape index (κ1) is 16.5. The highest BCUT2D eigenvalue weighted by Gasteiger charge is 2.38. The summed E-state index contributed by atoms with van der Waals surface area (Å²) in [6.07, 6.45) is 14.0. The van der Waals surface area contributed by atoms with Crippen LogP contribution < -0.4 is 5.32 Å². The van der Waals surface area contributed by atoms with Crippen LogP contribution in [0, 0.1) is 0 Å². The summed E-state index contributed by atoms with van der Waals surface area (Å²) < 4.78 is 7.97. The summed E-state index contributed by atoms with van der Waals surface area (Å²) in [5.41, 5.74) is 1.34. The van der Waals surface area contributed by atoms with Crippen LogP contribution in [0.15, 0.2) is 12.4 Å². The lowest BCUT2D eigenvalue weighted by molar-refractivity contribution is -0.0543. The van der Waals surface area contributed by atoms with E-state index in [1.165, 1.54) is 44.1 Å². The molecular weight excluding hydrogens is 262 g/mol. The van der Waals surface area contributed by atoms with Gasteiger partial charge in [-0.05, 0) is 37.8 Å². The zero-order valence-electron chi connectivity index (χ0n) is 13.9. The third-order valence-electron chi connectivity index (χ3n) is 4.92. The van der Waals surface area contributed by atoms with Crippen molar-refractivity contribution < 1.29 is 4.74 Å². The molecule has 0 amide bonds. The van der Waals surface area contributed by atoms with Crippen LogP contribution in [0.1, 0.15) is 57.4 Å². The molecule has 4 heteroatoms. The Labute approximate surface area is 129 Å². The molecule has 120 valence electrons. The molecule has 1 aliphatic carbocycles. The topological polar surface area (TPSA) is 39.1 Å². The van der Waals surface area contributed by atoms with Crippen molar-refractivity contribution in [2.45, 2.75) is 69.9 Å². The third-order valence-corrected chi connectivity index (χ3v) is 4.92. The van der Waals surface area contributed by atoms with Gasteiger partial charge in [0.25, 0.3) is 0 Å². The van der Waals surface area contributed by atoms with Crippen LogP contribution in [0.3, 0.4) is 0 Å². The van der Waals surface area contributed by atoms with E-state index >= 15 is 0 Å². The summed E-state index contributed by atoms with van der Waals surface area (Å²) in [6.45, 7) is 3.19. The Morgan fingerprint density at radius 1 is 1.33 bits per heavy atom. The molecule has 1 fully saturated rings. The Balaban J connectivity index is 2.04. The van der Waals surface area contributed by atoms with Crippen LogP contribution in [-0.4, -0.2) is 35.1 Å². The number of nitrogens with one attached hydrogen (secondary N) is 1. The highest BCUT2D eigenvalue weighted by atomic mass is 16.5. The lowest BCUT2D eigenvalue weighted by atomic mass is 9.83. The van der Waals surface area contributed by atoms with E-state index in [1.807, 2.05) is 25.0 Å². The maximum absolute atomic E-state index is 6.08. The van der Waals surface area contributed by atoms with E-state index in [1.54, 1.807) is 0 Å². The Kier molecular flexibility index (Phi) is 6.24. The molecule has 0 aliphatic heterocycles. The van der Waals surface area contributed by atoms with E-state index in [0.29, 0.717) is 6.04 Å². The number of hydrogen-bond donors (Lipinski definition) is 1. The van der Waals surface area contributed by atoms with Gasteiger partial charge >= 0.3 is 0 Å². The molecule has 0 radical (unpaired) electrons.